The molecule has 35 heavy (non-hydrogen) atoms. The lowest BCUT2D eigenvalue weighted by Crippen LogP contribution is -2.24. The van der Waals surface area contributed by atoms with Gasteiger partial charge in [-0.1, -0.05) is 36.9 Å². The number of hydrogen-bond acceptors (Lipinski definition) is 7. The van der Waals surface area contributed by atoms with Crippen LogP contribution in [0.25, 0.3) is 11.2 Å². The zero-order valence-electron chi connectivity index (χ0n) is 20.0. The molecule has 0 saturated heterocycles. The van der Waals surface area contributed by atoms with Crippen LogP contribution in [0.4, 0.5) is 11.4 Å². The predicted octanol–water partition coefficient (Wildman–Crippen LogP) is 5.02. The highest BCUT2D eigenvalue weighted by Crippen LogP contribution is 2.48. The molecule has 8 nitrogen and oxygen atoms in total. The minimum atomic E-state index is 0.735. The summed E-state index contributed by atoms with van der Waals surface area (Å²) in [5.41, 5.74) is 7.84. The summed E-state index contributed by atoms with van der Waals surface area (Å²) in [6.45, 7) is 7.85. The van der Waals surface area contributed by atoms with Gasteiger partial charge in [0.25, 0.3) is 0 Å². The summed E-state index contributed by atoms with van der Waals surface area (Å²) in [5.74, 6) is 1.86. The first-order valence-electron chi connectivity index (χ1n) is 11.8. The van der Waals surface area contributed by atoms with E-state index in [1.54, 1.807) is 0 Å². The summed E-state index contributed by atoms with van der Waals surface area (Å²) < 4.78 is 2.27. The molecule has 0 atom stereocenters. The van der Waals surface area contributed by atoms with Gasteiger partial charge in [0.15, 0.2) is 5.65 Å². The van der Waals surface area contributed by atoms with Crippen LogP contribution in [0.3, 0.4) is 0 Å². The molecular weight excluding hydrogens is 456 g/mol. The average Bonchev–Trinajstić information content (AvgIpc) is 3.50. The maximum Gasteiger partial charge on any atom is 0.160 e. The summed E-state index contributed by atoms with van der Waals surface area (Å²) in [7, 11) is 0. The second-order valence-corrected chi connectivity index (χ2v) is 9.93. The first-order chi connectivity index (χ1) is 17.1. The van der Waals surface area contributed by atoms with Crippen molar-refractivity contribution in [1.82, 2.24) is 35.2 Å². The van der Waals surface area contributed by atoms with Crippen LogP contribution in [0.15, 0.2) is 58.3 Å². The van der Waals surface area contributed by atoms with Gasteiger partial charge in [0.05, 0.1) is 17.9 Å². The van der Waals surface area contributed by atoms with E-state index in [2.05, 4.69) is 92.5 Å². The van der Waals surface area contributed by atoms with Crippen molar-refractivity contribution < 1.29 is 0 Å². The summed E-state index contributed by atoms with van der Waals surface area (Å²) in [6.07, 6.45) is 1.60. The summed E-state index contributed by atoms with van der Waals surface area (Å²) in [4.78, 5) is 14.6. The number of anilines is 2. The Morgan fingerprint density at radius 3 is 2.66 bits per heavy atom. The smallest absolute Gasteiger partial charge is 0.160 e. The van der Waals surface area contributed by atoms with Crippen molar-refractivity contribution in [2.45, 2.75) is 49.9 Å². The van der Waals surface area contributed by atoms with Crippen LogP contribution in [0.1, 0.15) is 35.4 Å². The van der Waals surface area contributed by atoms with E-state index in [9.17, 15) is 0 Å². The highest BCUT2D eigenvalue weighted by Gasteiger charge is 2.24. The standard InChI is InChI=1S/C26H26N8S/c1-4-24-28-25-16(2)13-17(3)27-26(25)34(24)15-18-9-10-20-22(14-18)35-21-8-6-5-7-19(21)33(20)12-11-23-29-31-32-30-23/h5-10,13-14H,4,11-12,15H2,1-3H3,(H,29,30,31,32). The van der Waals surface area contributed by atoms with E-state index in [1.807, 2.05) is 18.7 Å². The van der Waals surface area contributed by atoms with Crippen LogP contribution < -0.4 is 4.90 Å². The number of tetrazole rings is 1. The fourth-order valence-electron chi connectivity index (χ4n) is 4.79. The third-order valence-electron chi connectivity index (χ3n) is 6.41. The molecule has 0 bridgehead atoms. The number of para-hydroxylation sites is 1. The predicted molar refractivity (Wildman–Crippen MR) is 137 cm³/mol. The van der Waals surface area contributed by atoms with Gasteiger partial charge in [0, 0.05) is 34.9 Å². The number of hydrogen-bond donors (Lipinski definition) is 1. The van der Waals surface area contributed by atoms with Gasteiger partial charge < -0.3 is 9.47 Å². The summed E-state index contributed by atoms with van der Waals surface area (Å²) in [6, 6.07) is 17.4. The zero-order valence-corrected chi connectivity index (χ0v) is 20.8. The largest absolute Gasteiger partial charge is 0.339 e. The molecule has 0 saturated carbocycles. The molecule has 9 heteroatoms. The molecule has 3 aromatic heterocycles. The highest BCUT2D eigenvalue weighted by atomic mass is 32.2. The minimum absolute atomic E-state index is 0.735. The Hall–Kier alpha value is -3.72. The Morgan fingerprint density at radius 2 is 1.83 bits per heavy atom. The Labute approximate surface area is 207 Å². The number of pyridine rings is 1. The molecule has 0 radical (unpaired) electrons. The number of aromatic nitrogens is 7. The summed E-state index contributed by atoms with van der Waals surface area (Å²) >= 11 is 1.82. The Bertz CT molecular complexity index is 1520. The quantitative estimate of drug-likeness (QED) is 0.364. The number of fused-ring (bicyclic) bond motifs is 3. The van der Waals surface area contributed by atoms with E-state index in [-0.39, 0.29) is 0 Å². The number of nitrogens with zero attached hydrogens (tertiary/aromatic N) is 7. The SMILES string of the molecule is CCc1nc2c(C)cc(C)nc2n1Cc1ccc2c(c1)Sc1ccccc1N2CCc1nnn[nH]1. The fourth-order valence-corrected chi connectivity index (χ4v) is 5.95. The van der Waals surface area contributed by atoms with E-state index in [4.69, 9.17) is 9.97 Å². The van der Waals surface area contributed by atoms with Crippen molar-refractivity contribution in [3.8, 4) is 0 Å². The van der Waals surface area contributed by atoms with Crippen molar-refractivity contribution in [2.24, 2.45) is 0 Å². The van der Waals surface area contributed by atoms with Crippen molar-refractivity contribution in [3.63, 3.8) is 0 Å². The molecule has 1 aliphatic rings. The van der Waals surface area contributed by atoms with Gasteiger partial charge >= 0.3 is 0 Å². The van der Waals surface area contributed by atoms with Crippen molar-refractivity contribution in [1.29, 1.82) is 0 Å². The lowest BCUT2D eigenvalue weighted by atomic mass is 10.1. The number of nitrogens with one attached hydrogen (secondary N) is 1. The molecule has 176 valence electrons. The normalized spacial score (nSPS) is 12.7. The number of aromatic amines is 1. The Balaban J connectivity index is 1.37. The second kappa shape index (κ2) is 8.81. The van der Waals surface area contributed by atoms with Gasteiger partial charge in [-0.25, -0.2) is 15.1 Å². The van der Waals surface area contributed by atoms with Crippen LogP contribution in [0.5, 0.6) is 0 Å². The molecule has 1 N–H and O–H groups in total. The third-order valence-corrected chi connectivity index (χ3v) is 7.52. The molecule has 6 rings (SSSR count). The molecule has 2 aromatic carbocycles. The molecule has 0 aliphatic carbocycles. The first-order valence-corrected chi connectivity index (χ1v) is 12.7. The van der Waals surface area contributed by atoms with Crippen LogP contribution in [-0.2, 0) is 19.4 Å². The van der Waals surface area contributed by atoms with Crippen LogP contribution >= 0.6 is 11.8 Å². The molecule has 0 amide bonds. The lowest BCUT2D eigenvalue weighted by molar-refractivity contribution is 0.743. The monoisotopic (exact) mass is 482 g/mol. The van der Waals surface area contributed by atoms with E-state index in [1.165, 1.54) is 32.3 Å². The second-order valence-electron chi connectivity index (χ2n) is 8.84. The fraction of sp³-hybridized carbons (Fsp3) is 0.269. The zero-order chi connectivity index (χ0) is 23.9. The minimum Gasteiger partial charge on any atom is -0.339 e. The van der Waals surface area contributed by atoms with Crippen molar-refractivity contribution in [2.75, 3.05) is 11.4 Å². The van der Waals surface area contributed by atoms with Crippen LogP contribution in [0, 0.1) is 13.8 Å². The van der Waals surface area contributed by atoms with Gasteiger partial charge in [-0.3, -0.25) is 0 Å². The van der Waals surface area contributed by atoms with Crippen LogP contribution in [0.2, 0.25) is 0 Å². The maximum atomic E-state index is 4.91. The number of H-pyrrole nitrogens is 1. The molecule has 1 aliphatic heterocycles. The van der Waals surface area contributed by atoms with E-state index < -0.39 is 0 Å². The van der Waals surface area contributed by atoms with Gasteiger partial charge in [-0.2, -0.15) is 0 Å². The number of aryl methyl sites for hydroxylation is 3. The average molecular weight is 483 g/mol. The number of benzene rings is 2. The van der Waals surface area contributed by atoms with E-state index in [0.29, 0.717) is 0 Å². The van der Waals surface area contributed by atoms with Crippen LogP contribution in [-0.4, -0.2) is 41.7 Å². The molecule has 5 aromatic rings. The lowest BCUT2D eigenvalue weighted by Gasteiger charge is -2.33. The molecular formula is C26H26N8S. The number of imidazole rings is 1. The summed E-state index contributed by atoms with van der Waals surface area (Å²) in [5, 5.41) is 14.4. The topological polar surface area (TPSA) is 88.4 Å². The van der Waals surface area contributed by atoms with Crippen molar-refractivity contribution >= 4 is 34.3 Å². The highest BCUT2D eigenvalue weighted by molar-refractivity contribution is 7.99. The van der Waals surface area contributed by atoms with Gasteiger partial charge in [-0.05, 0) is 65.7 Å². The Kier molecular flexibility index (Phi) is 5.49. The van der Waals surface area contributed by atoms with Gasteiger partial charge in [0.1, 0.15) is 17.2 Å². The molecule has 4 heterocycles. The van der Waals surface area contributed by atoms with Gasteiger partial charge in [0.2, 0.25) is 0 Å². The molecule has 0 spiro atoms. The van der Waals surface area contributed by atoms with Gasteiger partial charge in [-0.15, -0.1) is 5.10 Å². The maximum absolute atomic E-state index is 4.91. The Morgan fingerprint density at radius 1 is 0.971 bits per heavy atom. The number of rotatable bonds is 6. The van der Waals surface area contributed by atoms with E-state index >= 15 is 0 Å². The van der Waals surface area contributed by atoms with Crippen molar-refractivity contribution in [3.05, 3.63) is 77.0 Å². The molecule has 0 fully saturated rings. The third kappa shape index (κ3) is 3.95. The van der Waals surface area contributed by atoms with E-state index in [0.717, 1.165) is 54.4 Å². The molecule has 0 unspecified atom stereocenters. The first kappa shape index (κ1) is 21.8.